The van der Waals surface area contributed by atoms with Crippen molar-refractivity contribution in [3.63, 3.8) is 0 Å². The van der Waals surface area contributed by atoms with Gasteiger partial charge in [0.15, 0.2) is 0 Å². The van der Waals surface area contributed by atoms with Crippen LogP contribution < -0.4 is 5.32 Å². The quantitative estimate of drug-likeness (QED) is 0.725. The monoisotopic (exact) mass is 289 g/mol. The van der Waals surface area contributed by atoms with Crippen molar-refractivity contribution in [2.24, 2.45) is 0 Å². The molecule has 1 aromatic carbocycles. The lowest BCUT2D eigenvalue weighted by atomic mass is 10.1. The van der Waals surface area contributed by atoms with Gasteiger partial charge in [-0.1, -0.05) is 0 Å². The van der Waals surface area contributed by atoms with Gasteiger partial charge in [0.05, 0.1) is 6.20 Å². The lowest BCUT2D eigenvalue weighted by molar-refractivity contribution is 0.632. The van der Waals surface area contributed by atoms with Crippen LogP contribution in [0.1, 0.15) is 0 Å². The van der Waals surface area contributed by atoms with E-state index >= 15 is 0 Å². The fourth-order valence-corrected chi connectivity index (χ4v) is 1.92. The summed E-state index contributed by atoms with van der Waals surface area (Å²) in [5, 5.41) is 9.54. The summed E-state index contributed by atoms with van der Waals surface area (Å²) >= 11 is 5.69. The maximum atomic E-state index is 14.1. The fourth-order valence-electron chi connectivity index (χ4n) is 1.78. The molecular formula is C13H9ClFN5. The predicted octanol–water partition coefficient (Wildman–Crippen LogP) is 3.40. The van der Waals surface area contributed by atoms with E-state index in [0.717, 1.165) is 0 Å². The van der Waals surface area contributed by atoms with Crippen molar-refractivity contribution in [1.29, 1.82) is 0 Å². The summed E-state index contributed by atoms with van der Waals surface area (Å²) < 4.78 is 14.1. The van der Waals surface area contributed by atoms with Crippen molar-refractivity contribution in [2.45, 2.75) is 0 Å². The molecule has 5 nitrogen and oxygen atoms in total. The van der Waals surface area contributed by atoms with Crippen molar-refractivity contribution in [3.8, 4) is 11.1 Å². The molecule has 2 N–H and O–H groups in total. The van der Waals surface area contributed by atoms with Gasteiger partial charge in [0.25, 0.3) is 0 Å². The SMILES string of the molecule is Fc1cc(Nc2ccnc(Cl)n2)ccc1-c1cn[nH]c1. The van der Waals surface area contributed by atoms with Gasteiger partial charge in [-0.05, 0) is 35.9 Å². The molecular weight excluding hydrogens is 281 g/mol. The van der Waals surface area contributed by atoms with Crippen molar-refractivity contribution in [1.82, 2.24) is 20.2 Å². The van der Waals surface area contributed by atoms with Gasteiger partial charge in [-0.15, -0.1) is 0 Å². The molecule has 0 aliphatic carbocycles. The molecule has 0 saturated carbocycles. The number of aromatic nitrogens is 4. The number of benzene rings is 1. The Balaban J connectivity index is 1.87. The summed E-state index contributed by atoms with van der Waals surface area (Å²) in [7, 11) is 0. The average molecular weight is 290 g/mol. The second-order valence-electron chi connectivity index (χ2n) is 4.02. The first-order valence-corrected chi connectivity index (χ1v) is 6.14. The second kappa shape index (κ2) is 5.26. The molecule has 0 fully saturated rings. The molecule has 0 unspecified atom stereocenters. The largest absolute Gasteiger partial charge is 0.340 e. The van der Waals surface area contributed by atoms with Gasteiger partial charge in [-0.25, -0.2) is 14.4 Å². The minimum atomic E-state index is -0.350. The lowest BCUT2D eigenvalue weighted by Gasteiger charge is -2.07. The van der Waals surface area contributed by atoms with Crippen LogP contribution in [0.25, 0.3) is 11.1 Å². The fraction of sp³-hybridized carbons (Fsp3) is 0. The molecule has 0 aliphatic heterocycles. The second-order valence-corrected chi connectivity index (χ2v) is 4.36. The zero-order valence-corrected chi connectivity index (χ0v) is 10.9. The number of halogens is 2. The Morgan fingerprint density at radius 3 is 2.85 bits per heavy atom. The van der Waals surface area contributed by atoms with Gasteiger partial charge in [0, 0.05) is 29.2 Å². The number of nitrogens with one attached hydrogen (secondary N) is 2. The molecule has 0 radical (unpaired) electrons. The molecule has 0 atom stereocenters. The van der Waals surface area contributed by atoms with E-state index in [1.807, 2.05) is 0 Å². The number of nitrogens with zero attached hydrogens (tertiary/aromatic N) is 3. The molecule has 100 valence electrons. The lowest BCUT2D eigenvalue weighted by Crippen LogP contribution is -1.95. The number of H-pyrrole nitrogens is 1. The number of rotatable bonds is 3. The highest BCUT2D eigenvalue weighted by Crippen LogP contribution is 2.25. The Morgan fingerprint density at radius 2 is 2.15 bits per heavy atom. The van der Waals surface area contributed by atoms with E-state index < -0.39 is 0 Å². The third kappa shape index (κ3) is 2.60. The van der Waals surface area contributed by atoms with E-state index in [-0.39, 0.29) is 11.1 Å². The maximum absolute atomic E-state index is 14.1. The Hall–Kier alpha value is -2.47. The first-order chi connectivity index (χ1) is 9.72. The van der Waals surface area contributed by atoms with Crippen molar-refractivity contribution in [2.75, 3.05) is 5.32 Å². The van der Waals surface area contributed by atoms with Crippen molar-refractivity contribution in [3.05, 3.63) is 54.0 Å². The number of hydrogen-bond acceptors (Lipinski definition) is 4. The summed E-state index contributed by atoms with van der Waals surface area (Å²) in [6.07, 6.45) is 4.72. The van der Waals surface area contributed by atoms with Gasteiger partial charge in [0.1, 0.15) is 11.6 Å². The number of aromatic amines is 1. The molecule has 0 amide bonds. The molecule has 0 aliphatic rings. The minimum Gasteiger partial charge on any atom is -0.340 e. The molecule has 3 aromatic rings. The van der Waals surface area contributed by atoms with E-state index in [9.17, 15) is 4.39 Å². The predicted molar refractivity (Wildman–Crippen MR) is 74.3 cm³/mol. The van der Waals surface area contributed by atoms with Crippen LogP contribution in [-0.4, -0.2) is 20.2 Å². The minimum absolute atomic E-state index is 0.130. The van der Waals surface area contributed by atoms with E-state index in [0.29, 0.717) is 22.6 Å². The Labute approximate surface area is 118 Å². The zero-order valence-electron chi connectivity index (χ0n) is 10.1. The third-order valence-electron chi connectivity index (χ3n) is 2.68. The van der Waals surface area contributed by atoms with Crippen LogP contribution in [0.5, 0.6) is 0 Å². The summed E-state index contributed by atoms with van der Waals surface area (Å²) in [6, 6.07) is 6.46. The molecule has 0 bridgehead atoms. The molecule has 0 spiro atoms. The molecule has 2 aromatic heterocycles. The highest BCUT2D eigenvalue weighted by molar-refractivity contribution is 6.28. The first kappa shape index (κ1) is 12.6. The van der Waals surface area contributed by atoms with Gasteiger partial charge >= 0.3 is 0 Å². The van der Waals surface area contributed by atoms with Gasteiger partial charge in [0.2, 0.25) is 5.28 Å². The van der Waals surface area contributed by atoms with Gasteiger partial charge in [-0.2, -0.15) is 5.10 Å². The standard InChI is InChI=1S/C13H9ClFN5/c14-13-16-4-3-12(20-13)19-9-1-2-10(11(15)5-9)8-6-17-18-7-8/h1-7H,(H,17,18)(H,16,19,20). The Kier molecular flexibility index (Phi) is 3.30. The zero-order chi connectivity index (χ0) is 13.9. The van der Waals surface area contributed by atoms with Gasteiger partial charge in [-0.3, -0.25) is 5.10 Å². The highest BCUT2D eigenvalue weighted by atomic mass is 35.5. The third-order valence-corrected chi connectivity index (χ3v) is 2.86. The van der Waals surface area contributed by atoms with E-state index in [2.05, 4.69) is 25.5 Å². The van der Waals surface area contributed by atoms with Crippen LogP contribution in [0, 0.1) is 5.82 Å². The van der Waals surface area contributed by atoms with Crippen LogP contribution in [0.15, 0.2) is 42.9 Å². The topological polar surface area (TPSA) is 66.5 Å². The Morgan fingerprint density at radius 1 is 1.25 bits per heavy atom. The molecule has 20 heavy (non-hydrogen) atoms. The van der Waals surface area contributed by atoms with E-state index in [1.165, 1.54) is 12.3 Å². The summed E-state index contributed by atoms with van der Waals surface area (Å²) in [5.74, 6) is 0.150. The van der Waals surface area contributed by atoms with E-state index in [1.54, 1.807) is 30.6 Å². The van der Waals surface area contributed by atoms with Crippen molar-refractivity contribution >= 4 is 23.1 Å². The normalized spacial score (nSPS) is 10.5. The molecule has 0 saturated heterocycles. The highest BCUT2D eigenvalue weighted by Gasteiger charge is 2.07. The summed E-state index contributed by atoms with van der Waals surface area (Å²) in [4.78, 5) is 7.75. The summed E-state index contributed by atoms with van der Waals surface area (Å²) in [6.45, 7) is 0. The summed E-state index contributed by atoms with van der Waals surface area (Å²) in [5.41, 5.74) is 1.74. The van der Waals surface area contributed by atoms with Crippen molar-refractivity contribution < 1.29 is 4.39 Å². The maximum Gasteiger partial charge on any atom is 0.224 e. The molecule has 3 rings (SSSR count). The van der Waals surface area contributed by atoms with Crippen LogP contribution >= 0.6 is 11.6 Å². The smallest absolute Gasteiger partial charge is 0.224 e. The van der Waals surface area contributed by atoms with Crippen LogP contribution in [-0.2, 0) is 0 Å². The number of anilines is 2. The van der Waals surface area contributed by atoms with Crippen LogP contribution in [0.2, 0.25) is 5.28 Å². The molecule has 7 heteroatoms. The first-order valence-electron chi connectivity index (χ1n) is 5.76. The van der Waals surface area contributed by atoms with Crippen LogP contribution in [0.3, 0.4) is 0 Å². The molecule has 2 heterocycles. The Bertz CT molecular complexity index is 729. The van der Waals surface area contributed by atoms with E-state index in [4.69, 9.17) is 11.6 Å². The number of hydrogen-bond donors (Lipinski definition) is 2. The van der Waals surface area contributed by atoms with Gasteiger partial charge < -0.3 is 5.32 Å². The average Bonchev–Trinajstić information content (AvgIpc) is 2.92. The van der Waals surface area contributed by atoms with Crippen LogP contribution in [0.4, 0.5) is 15.9 Å².